The van der Waals surface area contributed by atoms with Gasteiger partial charge in [-0.1, -0.05) is 13.8 Å². The van der Waals surface area contributed by atoms with Crippen LogP contribution >= 0.6 is 0 Å². The fraction of sp³-hybridized carbons (Fsp3) is 0.455. The van der Waals surface area contributed by atoms with E-state index in [-0.39, 0.29) is 11.5 Å². The molecule has 0 aliphatic carbocycles. The van der Waals surface area contributed by atoms with Crippen LogP contribution in [0.2, 0.25) is 0 Å². The Morgan fingerprint density at radius 1 is 0.643 bits per heavy atom. The SMILES string of the molecule is CCc1c(C)cc(OC)c(OC)c1O.CCc1c(C)cc(OC)c(OC)c1O. The molecule has 0 heterocycles. The lowest BCUT2D eigenvalue weighted by Gasteiger charge is -2.14. The van der Waals surface area contributed by atoms with E-state index in [9.17, 15) is 10.2 Å². The Kier molecular flexibility index (Phi) is 8.76. The maximum Gasteiger partial charge on any atom is 0.203 e. The predicted octanol–water partition coefficient (Wildman–Crippen LogP) is 4.56. The lowest BCUT2D eigenvalue weighted by molar-refractivity contribution is 0.331. The van der Waals surface area contributed by atoms with Gasteiger partial charge in [-0.15, -0.1) is 0 Å². The van der Waals surface area contributed by atoms with Crippen LogP contribution in [0.25, 0.3) is 0 Å². The van der Waals surface area contributed by atoms with E-state index < -0.39 is 0 Å². The lowest BCUT2D eigenvalue weighted by atomic mass is 10.0. The van der Waals surface area contributed by atoms with Crippen molar-refractivity contribution in [3.8, 4) is 34.5 Å². The van der Waals surface area contributed by atoms with Gasteiger partial charge >= 0.3 is 0 Å². The Morgan fingerprint density at radius 3 is 1.18 bits per heavy atom. The Hall–Kier alpha value is -2.76. The van der Waals surface area contributed by atoms with Crippen LogP contribution in [0.3, 0.4) is 0 Å². The number of phenolic OH excluding ortho intramolecular Hbond substituents is 2. The molecule has 28 heavy (non-hydrogen) atoms. The first-order chi connectivity index (χ1) is 13.3. The average Bonchev–Trinajstić information content (AvgIpc) is 2.68. The number of methoxy groups -OCH3 is 4. The van der Waals surface area contributed by atoms with Crippen molar-refractivity contribution >= 4 is 0 Å². The summed E-state index contributed by atoms with van der Waals surface area (Å²) in [7, 11) is 6.16. The monoisotopic (exact) mass is 392 g/mol. The zero-order valence-corrected chi connectivity index (χ0v) is 18.1. The molecule has 156 valence electrons. The number of hydrogen-bond donors (Lipinski definition) is 2. The maximum atomic E-state index is 9.88. The molecule has 0 atom stereocenters. The highest BCUT2D eigenvalue weighted by Gasteiger charge is 2.16. The van der Waals surface area contributed by atoms with Crippen molar-refractivity contribution in [1.29, 1.82) is 0 Å². The van der Waals surface area contributed by atoms with Crippen molar-refractivity contribution in [2.45, 2.75) is 40.5 Å². The predicted molar refractivity (Wildman–Crippen MR) is 111 cm³/mol. The molecule has 0 unspecified atom stereocenters. The molecule has 2 rings (SSSR count). The van der Waals surface area contributed by atoms with Gasteiger partial charge in [-0.25, -0.2) is 0 Å². The summed E-state index contributed by atoms with van der Waals surface area (Å²) in [5, 5.41) is 19.8. The highest BCUT2D eigenvalue weighted by Crippen LogP contribution is 2.41. The van der Waals surface area contributed by atoms with Crippen molar-refractivity contribution in [3.63, 3.8) is 0 Å². The molecular formula is C22H32O6. The average molecular weight is 392 g/mol. The van der Waals surface area contributed by atoms with Crippen LogP contribution < -0.4 is 18.9 Å². The molecule has 2 aromatic carbocycles. The van der Waals surface area contributed by atoms with Crippen molar-refractivity contribution in [1.82, 2.24) is 0 Å². The summed E-state index contributed by atoms with van der Waals surface area (Å²) in [6.45, 7) is 7.88. The number of aromatic hydroxyl groups is 2. The Labute approximate surface area is 167 Å². The zero-order chi connectivity index (χ0) is 21.4. The molecule has 6 nitrogen and oxygen atoms in total. The fourth-order valence-electron chi connectivity index (χ4n) is 3.17. The summed E-state index contributed by atoms with van der Waals surface area (Å²) >= 11 is 0. The fourth-order valence-corrected chi connectivity index (χ4v) is 3.17. The zero-order valence-electron chi connectivity index (χ0n) is 18.1. The molecule has 0 saturated heterocycles. The molecule has 0 saturated carbocycles. The first-order valence-electron chi connectivity index (χ1n) is 9.17. The molecule has 0 aliphatic heterocycles. The topological polar surface area (TPSA) is 77.4 Å². The number of hydrogen-bond acceptors (Lipinski definition) is 6. The smallest absolute Gasteiger partial charge is 0.203 e. The summed E-state index contributed by atoms with van der Waals surface area (Å²) in [6, 6.07) is 3.74. The van der Waals surface area contributed by atoms with Gasteiger partial charge < -0.3 is 29.2 Å². The van der Waals surface area contributed by atoms with Crippen LogP contribution in [0.5, 0.6) is 34.5 Å². The van der Waals surface area contributed by atoms with Gasteiger partial charge in [0.25, 0.3) is 0 Å². The summed E-state index contributed by atoms with van der Waals surface area (Å²) < 4.78 is 20.4. The van der Waals surface area contributed by atoms with Crippen LogP contribution in [0.4, 0.5) is 0 Å². The molecule has 0 spiro atoms. The minimum Gasteiger partial charge on any atom is -0.504 e. The molecule has 6 heteroatoms. The van der Waals surface area contributed by atoms with Gasteiger partial charge in [0.2, 0.25) is 11.5 Å². The number of benzene rings is 2. The normalized spacial score (nSPS) is 10.0. The Bertz CT molecular complexity index is 731. The summed E-state index contributed by atoms with van der Waals surface area (Å²) in [5.74, 6) is 2.34. The van der Waals surface area contributed by atoms with Crippen LogP contribution in [0.15, 0.2) is 12.1 Å². The van der Waals surface area contributed by atoms with Crippen molar-refractivity contribution in [3.05, 3.63) is 34.4 Å². The summed E-state index contributed by atoms with van der Waals surface area (Å²) in [4.78, 5) is 0. The summed E-state index contributed by atoms with van der Waals surface area (Å²) in [5.41, 5.74) is 3.84. The van der Waals surface area contributed by atoms with Crippen molar-refractivity contribution < 1.29 is 29.2 Å². The van der Waals surface area contributed by atoms with E-state index in [0.29, 0.717) is 23.0 Å². The lowest BCUT2D eigenvalue weighted by Crippen LogP contribution is -1.96. The van der Waals surface area contributed by atoms with Crippen LogP contribution in [0, 0.1) is 13.8 Å². The van der Waals surface area contributed by atoms with Crippen LogP contribution in [-0.4, -0.2) is 38.7 Å². The van der Waals surface area contributed by atoms with Gasteiger partial charge in [0, 0.05) is 11.1 Å². The van der Waals surface area contributed by atoms with Gasteiger partial charge in [0.15, 0.2) is 23.0 Å². The van der Waals surface area contributed by atoms with Crippen molar-refractivity contribution in [2.24, 2.45) is 0 Å². The highest BCUT2D eigenvalue weighted by atomic mass is 16.5. The minimum atomic E-state index is 0.187. The van der Waals surface area contributed by atoms with Crippen molar-refractivity contribution in [2.75, 3.05) is 28.4 Å². The third kappa shape index (κ3) is 4.74. The van der Waals surface area contributed by atoms with Crippen LogP contribution in [-0.2, 0) is 12.8 Å². The van der Waals surface area contributed by atoms with E-state index in [1.807, 2.05) is 39.8 Å². The maximum absolute atomic E-state index is 9.88. The number of aryl methyl sites for hydroxylation is 2. The largest absolute Gasteiger partial charge is 0.504 e. The minimum absolute atomic E-state index is 0.187. The number of rotatable bonds is 6. The quantitative estimate of drug-likeness (QED) is 0.750. The molecule has 2 N–H and O–H groups in total. The van der Waals surface area contributed by atoms with Gasteiger partial charge in [-0.3, -0.25) is 0 Å². The molecule has 0 radical (unpaired) electrons. The second-order valence-corrected chi connectivity index (χ2v) is 6.22. The Balaban J connectivity index is 0.000000280. The third-order valence-corrected chi connectivity index (χ3v) is 4.65. The molecule has 0 aromatic heterocycles. The first-order valence-corrected chi connectivity index (χ1v) is 9.17. The van der Waals surface area contributed by atoms with Gasteiger partial charge in [-0.2, -0.15) is 0 Å². The van der Waals surface area contributed by atoms with Crippen LogP contribution in [0.1, 0.15) is 36.1 Å². The van der Waals surface area contributed by atoms with E-state index in [2.05, 4.69) is 0 Å². The molecular weight excluding hydrogens is 360 g/mol. The molecule has 0 fully saturated rings. The molecule has 0 bridgehead atoms. The molecule has 0 aliphatic rings. The standard InChI is InChI=1S/2C11H16O3/c2*1-5-8-7(2)6-9(13-3)11(14-4)10(8)12/h2*6,12H,5H2,1-4H3. The van der Waals surface area contributed by atoms with Gasteiger partial charge in [0.05, 0.1) is 28.4 Å². The number of ether oxygens (including phenoxy) is 4. The second-order valence-electron chi connectivity index (χ2n) is 6.22. The second kappa shape index (κ2) is 10.5. The molecule has 0 amide bonds. The van der Waals surface area contributed by atoms with E-state index in [0.717, 1.165) is 35.1 Å². The number of phenols is 2. The van der Waals surface area contributed by atoms with E-state index >= 15 is 0 Å². The highest BCUT2D eigenvalue weighted by molar-refractivity contribution is 5.58. The first kappa shape index (κ1) is 23.3. The van der Waals surface area contributed by atoms with Gasteiger partial charge in [-0.05, 0) is 49.9 Å². The molecule has 2 aromatic rings. The van der Waals surface area contributed by atoms with E-state index in [4.69, 9.17) is 18.9 Å². The summed E-state index contributed by atoms with van der Waals surface area (Å²) in [6.07, 6.45) is 1.55. The van der Waals surface area contributed by atoms with E-state index in [1.165, 1.54) is 14.2 Å². The van der Waals surface area contributed by atoms with Gasteiger partial charge in [0.1, 0.15) is 0 Å². The third-order valence-electron chi connectivity index (χ3n) is 4.65. The Morgan fingerprint density at radius 2 is 0.964 bits per heavy atom. The van der Waals surface area contributed by atoms with E-state index in [1.54, 1.807) is 14.2 Å².